The van der Waals surface area contributed by atoms with E-state index in [1.54, 1.807) is 0 Å². The molecule has 0 spiro atoms. The quantitative estimate of drug-likeness (QED) is 0.698. The number of benzene rings is 1. The first kappa shape index (κ1) is 10.2. The smallest absolute Gasteiger partial charge is 0.222 e. The van der Waals surface area contributed by atoms with E-state index >= 15 is 0 Å². The molecule has 0 unspecified atom stereocenters. The SMILES string of the molecule is CC(C)(C)c1ccc([C@H]2CC(=O)N2)cc1. The number of hydrogen-bond acceptors (Lipinski definition) is 1. The van der Waals surface area contributed by atoms with Gasteiger partial charge in [-0.25, -0.2) is 0 Å². The van der Waals surface area contributed by atoms with E-state index < -0.39 is 0 Å². The molecule has 1 heterocycles. The minimum absolute atomic E-state index is 0.153. The van der Waals surface area contributed by atoms with Gasteiger partial charge in [0, 0.05) is 0 Å². The number of hydrogen-bond donors (Lipinski definition) is 1. The zero-order chi connectivity index (χ0) is 11.1. The molecule has 2 rings (SSSR count). The maximum absolute atomic E-state index is 10.8. The second kappa shape index (κ2) is 3.37. The van der Waals surface area contributed by atoms with Crippen LogP contribution in [0.3, 0.4) is 0 Å². The highest BCUT2D eigenvalue weighted by molar-refractivity contribution is 5.83. The summed E-state index contributed by atoms with van der Waals surface area (Å²) in [7, 11) is 0. The van der Waals surface area contributed by atoms with Crippen molar-refractivity contribution in [2.45, 2.75) is 38.6 Å². The summed E-state index contributed by atoms with van der Waals surface area (Å²) in [5, 5.41) is 2.88. The van der Waals surface area contributed by atoms with E-state index in [-0.39, 0.29) is 17.4 Å². The topological polar surface area (TPSA) is 29.1 Å². The maximum atomic E-state index is 10.8. The van der Waals surface area contributed by atoms with Gasteiger partial charge < -0.3 is 5.32 Å². The van der Waals surface area contributed by atoms with E-state index in [0.717, 1.165) is 0 Å². The molecule has 0 aliphatic carbocycles. The lowest BCUT2D eigenvalue weighted by molar-refractivity contribution is -0.128. The third-order valence-corrected chi connectivity index (χ3v) is 2.90. The Hall–Kier alpha value is -1.31. The molecular formula is C13H17NO. The fourth-order valence-corrected chi connectivity index (χ4v) is 1.78. The fourth-order valence-electron chi connectivity index (χ4n) is 1.78. The van der Waals surface area contributed by atoms with Crippen molar-refractivity contribution in [1.29, 1.82) is 0 Å². The second-order valence-corrected chi connectivity index (χ2v) is 5.20. The largest absolute Gasteiger partial charge is 0.349 e. The standard InChI is InChI=1S/C13H17NO/c1-13(2,3)10-6-4-9(5-7-10)11-8-12(15)14-11/h4-7,11H,8H2,1-3H3,(H,14,15)/t11-/m1/s1. The molecule has 1 fully saturated rings. The van der Waals surface area contributed by atoms with Crippen LogP contribution in [-0.2, 0) is 10.2 Å². The van der Waals surface area contributed by atoms with Crippen LogP contribution in [-0.4, -0.2) is 5.91 Å². The van der Waals surface area contributed by atoms with Crippen molar-refractivity contribution in [3.05, 3.63) is 35.4 Å². The van der Waals surface area contributed by atoms with Gasteiger partial charge in [-0.2, -0.15) is 0 Å². The molecule has 1 aromatic carbocycles. The number of carbonyl (C=O) groups is 1. The first-order valence-corrected chi connectivity index (χ1v) is 5.36. The van der Waals surface area contributed by atoms with Crippen molar-refractivity contribution in [3.8, 4) is 0 Å². The summed E-state index contributed by atoms with van der Waals surface area (Å²) in [6.45, 7) is 6.60. The van der Waals surface area contributed by atoms with Crippen molar-refractivity contribution < 1.29 is 4.79 Å². The van der Waals surface area contributed by atoms with E-state index in [4.69, 9.17) is 0 Å². The Bertz CT molecular complexity index is 365. The Kier molecular flexibility index (Phi) is 2.29. The minimum atomic E-state index is 0.153. The predicted octanol–water partition coefficient (Wildman–Crippen LogP) is 2.55. The molecule has 0 bridgehead atoms. The van der Waals surface area contributed by atoms with Crippen LogP contribution < -0.4 is 5.32 Å². The third-order valence-electron chi connectivity index (χ3n) is 2.90. The first-order valence-electron chi connectivity index (χ1n) is 5.36. The Balaban J connectivity index is 2.14. The van der Waals surface area contributed by atoms with E-state index in [9.17, 15) is 4.79 Å². The highest BCUT2D eigenvalue weighted by Gasteiger charge is 2.26. The zero-order valence-electron chi connectivity index (χ0n) is 9.50. The zero-order valence-corrected chi connectivity index (χ0v) is 9.50. The molecule has 1 amide bonds. The summed E-state index contributed by atoms with van der Waals surface area (Å²) >= 11 is 0. The van der Waals surface area contributed by atoms with Crippen molar-refractivity contribution in [3.63, 3.8) is 0 Å². The average Bonchev–Trinajstić information content (AvgIpc) is 2.12. The molecule has 80 valence electrons. The summed E-state index contributed by atoms with van der Waals surface area (Å²) in [5.74, 6) is 0.153. The first-order chi connectivity index (χ1) is 6.97. The number of nitrogens with one attached hydrogen (secondary N) is 1. The van der Waals surface area contributed by atoms with Crippen LogP contribution >= 0.6 is 0 Å². The molecule has 1 atom stereocenters. The Morgan fingerprint density at radius 2 is 1.73 bits per heavy atom. The molecule has 1 saturated heterocycles. The maximum Gasteiger partial charge on any atom is 0.222 e. The van der Waals surface area contributed by atoms with Gasteiger partial charge in [0.15, 0.2) is 0 Å². The van der Waals surface area contributed by atoms with Crippen molar-refractivity contribution in [1.82, 2.24) is 5.32 Å². The van der Waals surface area contributed by atoms with E-state index in [0.29, 0.717) is 6.42 Å². The van der Waals surface area contributed by atoms with Crippen LogP contribution in [0.5, 0.6) is 0 Å². The van der Waals surface area contributed by atoms with Gasteiger partial charge in [0.1, 0.15) is 0 Å². The molecule has 1 aliphatic rings. The highest BCUT2D eigenvalue weighted by Crippen LogP contribution is 2.27. The van der Waals surface area contributed by atoms with Gasteiger partial charge >= 0.3 is 0 Å². The molecule has 2 nitrogen and oxygen atoms in total. The molecule has 1 N–H and O–H groups in total. The van der Waals surface area contributed by atoms with Crippen LogP contribution in [0, 0.1) is 0 Å². The lowest BCUT2D eigenvalue weighted by atomic mass is 9.85. The van der Waals surface area contributed by atoms with Crippen molar-refractivity contribution in [2.75, 3.05) is 0 Å². The molecule has 1 aliphatic heterocycles. The summed E-state index contributed by atoms with van der Waals surface area (Å²) in [6, 6.07) is 8.78. The summed E-state index contributed by atoms with van der Waals surface area (Å²) in [5.41, 5.74) is 2.74. The van der Waals surface area contributed by atoms with Crippen LogP contribution in [0.1, 0.15) is 44.4 Å². The summed E-state index contributed by atoms with van der Waals surface area (Å²) in [6.07, 6.45) is 0.634. The second-order valence-electron chi connectivity index (χ2n) is 5.20. The Morgan fingerprint density at radius 3 is 2.13 bits per heavy atom. The van der Waals surface area contributed by atoms with E-state index in [1.165, 1.54) is 11.1 Å². The summed E-state index contributed by atoms with van der Waals surface area (Å²) in [4.78, 5) is 10.8. The van der Waals surface area contributed by atoms with Gasteiger partial charge in [-0.1, -0.05) is 45.0 Å². The van der Waals surface area contributed by atoms with Gasteiger partial charge in [-0.3, -0.25) is 4.79 Å². The molecule has 1 aromatic rings. The van der Waals surface area contributed by atoms with Gasteiger partial charge in [0.2, 0.25) is 5.91 Å². The predicted molar refractivity (Wildman–Crippen MR) is 60.6 cm³/mol. The molecular weight excluding hydrogens is 186 g/mol. The number of β-lactam (4-membered cyclic amide) rings is 1. The minimum Gasteiger partial charge on any atom is -0.349 e. The van der Waals surface area contributed by atoms with Gasteiger partial charge in [0.05, 0.1) is 12.5 Å². The number of carbonyl (C=O) groups excluding carboxylic acids is 1. The van der Waals surface area contributed by atoms with Crippen molar-refractivity contribution >= 4 is 5.91 Å². The van der Waals surface area contributed by atoms with Crippen LogP contribution in [0.25, 0.3) is 0 Å². The van der Waals surface area contributed by atoms with E-state index in [2.05, 4.69) is 50.4 Å². The molecule has 15 heavy (non-hydrogen) atoms. The number of amides is 1. The van der Waals surface area contributed by atoms with Crippen LogP contribution in [0.2, 0.25) is 0 Å². The van der Waals surface area contributed by atoms with Gasteiger partial charge in [-0.05, 0) is 16.5 Å². The molecule has 0 radical (unpaired) electrons. The van der Waals surface area contributed by atoms with Gasteiger partial charge in [0.25, 0.3) is 0 Å². The van der Waals surface area contributed by atoms with Crippen LogP contribution in [0.15, 0.2) is 24.3 Å². The molecule has 0 aromatic heterocycles. The lowest BCUT2D eigenvalue weighted by Gasteiger charge is -2.28. The number of rotatable bonds is 1. The van der Waals surface area contributed by atoms with Crippen LogP contribution in [0.4, 0.5) is 0 Å². The monoisotopic (exact) mass is 203 g/mol. The molecule has 2 heteroatoms. The van der Waals surface area contributed by atoms with E-state index in [1.807, 2.05) is 0 Å². The normalized spacial score (nSPS) is 20.7. The van der Waals surface area contributed by atoms with Gasteiger partial charge in [-0.15, -0.1) is 0 Å². The Morgan fingerprint density at radius 1 is 1.20 bits per heavy atom. The summed E-state index contributed by atoms with van der Waals surface area (Å²) < 4.78 is 0. The molecule has 0 saturated carbocycles. The third kappa shape index (κ3) is 2.04. The highest BCUT2D eigenvalue weighted by atomic mass is 16.2. The average molecular weight is 203 g/mol. The lowest BCUT2D eigenvalue weighted by Crippen LogP contribution is -2.41. The Labute approximate surface area is 90.7 Å². The fraction of sp³-hybridized carbons (Fsp3) is 0.462. The van der Waals surface area contributed by atoms with Crippen molar-refractivity contribution in [2.24, 2.45) is 0 Å².